The van der Waals surface area contributed by atoms with Crippen molar-refractivity contribution >= 4 is 11.6 Å². The molecule has 5 nitrogen and oxygen atoms in total. The van der Waals surface area contributed by atoms with E-state index in [0.29, 0.717) is 6.54 Å². The summed E-state index contributed by atoms with van der Waals surface area (Å²) in [6, 6.07) is 9.50. The van der Waals surface area contributed by atoms with Gasteiger partial charge in [-0.15, -0.1) is 0 Å². The summed E-state index contributed by atoms with van der Waals surface area (Å²) < 4.78 is 4.71. The van der Waals surface area contributed by atoms with Crippen molar-refractivity contribution in [2.45, 2.75) is 19.0 Å². The molecular weight excluding hydrogens is 230 g/mol. The van der Waals surface area contributed by atoms with Crippen LogP contribution in [0, 0.1) is 0 Å². The predicted molar refractivity (Wildman–Crippen MR) is 65.9 cm³/mol. The molecule has 0 aliphatic carbocycles. The van der Waals surface area contributed by atoms with Gasteiger partial charge < -0.3 is 15.2 Å². The van der Waals surface area contributed by atoms with Gasteiger partial charge in [0.2, 0.25) is 5.91 Å². The first-order valence-corrected chi connectivity index (χ1v) is 5.84. The van der Waals surface area contributed by atoms with Crippen LogP contribution < -0.4 is 10.6 Å². The molecule has 0 unspecified atom stereocenters. The lowest BCUT2D eigenvalue weighted by atomic mass is 10.1. The number of nitrogens with zero attached hydrogens (tertiary/aromatic N) is 1. The van der Waals surface area contributed by atoms with Crippen LogP contribution in [0.3, 0.4) is 0 Å². The number of hydrogen-bond acceptors (Lipinski definition) is 4. The minimum atomic E-state index is -0.200. The number of nitrogens with one attached hydrogen (secondary N) is 2. The average molecular weight is 243 g/mol. The van der Waals surface area contributed by atoms with Crippen LogP contribution in [0.15, 0.2) is 41.1 Å². The Balaban J connectivity index is 1.59. The van der Waals surface area contributed by atoms with E-state index in [2.05, 4.69) is 15.8 Å². The molecule has 2 N–H and O–H groups in total. The van der Waals surface area contributed by atoms with Crippen molar-refractivity contribution in [1.82, 2.24) is 10.5 Å². The first-order valence-electron chi connectivity index (χ1n) is 5.84. The predicted octanol–water partition coefficient (Wildman–Crippen LogP) is 1.33. The molecule has 0 spiro atoms. The molecule has 92 valence electrons. The van der Waals surface area contributed by atoms with Crippen LogP contribution in [0.5, 0.6) is 0 Å². The van der Waals surface area contributed by atoms with Gasteiger partial charge in [-0.05, 0) is 11.6 Å². The SMILES string of the molecule is O=C(NCc1ccon1)[C@@H]1Cc2ccccc2N1. The number of carbonyl (C=O) groups excluding carboxylic acids is 1. The molecule has 5 heteroatoms. The number of aromatic nitrogens is 1. The third-order valence-corrected chi connectivity index (χ3v) is 3.02. The summed E-state index contributed by atoms with van der Waals surface area (Å²) in [7, 11) is 0. The van der Waals surface area contributed by atoms with Crippen LogP contribution in [0.1, 0.15) is 11.3 Å². The van der Waals surface area contributed by atoms with E-state index in [1.165, 1.54) is 11.8 Å². The lowest BCUT2D eigenvalue weighted by Crippen LogP contribution is -2.38. The maximum Gasteiger partial charge on any atom is 0.243 e. The van der Waals surface area contributed by atoms with Crippen LogP contribution in [0.4, 0.5) is 5.69 Å². The fourth-order valence-electron chi connectivity index (χ4n) is 2.09. The molecule has 1 aliphatic rings. The summed E-state index contributed by atoms with van der Waals surface area (Å²) in [5.41, 5.74) is 2.94. The second-order valence-corrected chi connectivity index (χ2v) is 4.27. The molecular formula is C13H13N3O2. The van der Waals surface area contributed by atoms with E-state index in [1.807, 2.05) is 24.3 Å². The highest BCUT2D eigenvalue weighted by Crippen LogP contribution is 2.25. The molecule has 0 radical (unpaired) electrons. The molecule has 3 rings (SSSR count). The van der Waals surface area contributed by atoms with E-state index in [1.54, 1.807) is 6.07 Å². The van der Waals surface area contributed by atoms with Crippen molar-refractivity contribution in [3.05, 3.63) is 47.9 Å². The van der Waals surface area contributed by atoms with Gasteiger partial charge in [0.05, 0.1) is 6.54 Å². The Morgan fingerprint density at radius 1 is 1.44 bits per heavy atom. The van der Waals surface area contributed by atoms with Gasteiger partial charge >= 0.3 is 0 Å². The molecule has 1 amide bonds. The molecule has 0 fully saturated rings. The highest BCUT2D eigenvalue weighted by atomic mass is 16.5. The zero-order valence-corrected chi connectivity index (χ0v) is 9.72. The van der Waals surface area contributed by atoms with Gasteiger partial charge in [-0.3, -0.25) is 4.79 Å². The monoisotopic (exact) mass is 243 g/mol. The van der Waals surface area contributed by atoms with E-state index < -0.39 is 0 Å². The summed E-state index contributed by atoms with van der Waals surface area (Å²) in [5.74, 6) is -0.0193. The van der Waals surface area contributed by atoms with E-state index >= 15 is 0 Å². The number of hydrogen-bond donors (Lipinski definition) is 2. The second kappa shape index (κ2) is 4.52. The van der Waals surface area contributed by atoms with Gasteiger partial charge in [0, 0.05) is 18.2 Å². The Labute approximate surface area is 104 Å². The van der Waals surface area contributed by atoms with E-state index in [4.69, 9.17) is 4.52 Å². The molecule has 1 aromatic heterocycles. The minimum Gasteiger partial charge on any atom is -0.373 e. The van der Waals surface area contributed by atoms with Crippen molar-refractivity contribution in [3.63, 3.8) is 0 Å². The van der Waals surface area contributed by atoms with Crippen LogP contribution in [0.2, 0.25) is 0 Å². The van der Waals surface area contributed by atoms with Crippen molar-refractivity contribution in [1.29, 1.82) is 0 Å². The number of benzene rings is 1. The van der Waals surface area contributed by atoms with Gasteiger partial charge in [0.15, 0.2) is 0 Å². The van der Waals surface area contributed by atoms with Crippen molar-refractivity contribution < 1.29 is 9.32 Å². The molecule has 1 atom stereocenters. The first-order chi connectivity index (χ1) is 8.83. The van der Waals surface area contributed by atoms with Gasteiger partial charge in [0.1, 0.15) is 18.0 Å². The third-order valence-electron chi connectivity index (χ3n) is 3.02. The summed E-state index contributed by atoms with van der Waals surface area (Å²) in [4.78, 5) is 12.0. The Kier molecular flexibility index (Phi) is 2.72. The number of para-hydroxylation sites is 1. The first kappa shape index (κ1) is 10.8. The number of carbonyl (C=O) groups is 1. The van der Waals surface area contributed by atoms with E-state index in [-0.39, 0.29) is 11.9 Å². The molecule has 2 heterocycles. The highest BCUT2D eigenvalue weighted by molar-refractivity contribution is 5.87. The lowest BCUT2D eigenvalue weighted by Gasteiger charge is -2.10. The average Bonchev–Trinajstić information content (AvgIpc) is 3.04. The normalized spacial score (nSPS) is 17.0. The second-order valence-electron chi connectivity index (χ2n) is 4.27. The molecule has 0 saturated heterocycles. The topological polar surface area (TPSA) is 67.2 Å². The van der Waals surface area contributed by atoms with Crippen molar-refractivity contribution in [2.24, 2.45) is 0 Å². The Bertz CT molecular complexity index is 526. The number of fused-ring (bicyclic) bond motifs is 1. The van der Waals surface area contributed by atoms with Crippen LogP contribution in [-0.2, 0) is 17.8 Å². The maximum atomic E-state index is 12.0. The van der Waals surface area contributed by atoms with Gasteiger partial charge in [0.25, 0.3) is 0 Å². The quantitative estimate of drug-likeness (QED) is 0.853. The molecule has 0 saturated carbocycles. The molecule has 1 aliphatic heterocycles. The van der Waals surface area contributed by atoms with Crippen LogP contribution >= 0.6 is 0 Å². The molecule has 2 aromatic rings. The summed E-state index contributed by atoms with van der Waals surface area (Å²) in [6.07, 6.45) is 2.21. The Hall–Kier alpha value is -2.30. The smallest absolute Gasteiger partial charge is 0.243 e. The van der Waals surface area contributed by atoms with E-state index in [9.17, 15) is 4.79 Å². The third kappa shape index (κ3) is 2.07. The summed E-state index contributed by atoms with van der Waals surface area (Å²) >= 11 is 0. The van der Waals surface area contributed by atoms with Gasteiger partial charge in [-0.2, -0.15) is 0 Å². The Morgan fingerprint density at radius 3 is 3.11 bits per heavy atom. The molecule has 0 bridgehead atoms. The van der Waals surface area contributed by atoms with E-state index in [0.717, 1.165) is 17.8 Å². The van der Waals surface area contributed by atoms with Crippen molar-refractivity contribution in [3.8, 4) is 0 Å². The maximum absolute atomic E-state index is 12.0. The van der Waals surface area contributed by atoms with Gasteiger partial charge in [-0.25, -0.2) is 0 Å². The highest BCUT2D eigenvalue weighted by Gasteiger charge is 2.25. The fraction of sp³-hybridized carbons (Fsp3) is 0.231. The molecule has 1 aromatic carbocycles. The molecule has 18 heavy (non-hydrogen) atoms. The van der Waals surface area contributed by atoms with Gasteiger partial charge in [-0.1, -0.05) is 23.4 Å². The minimum absolute atomic E-state index is 0.0193. The largest absolute Gasteiger partial charge is 0.373 e. The zero-order chi connectivity index (χ0) is 12.4. The fourth-order valence-corrected chi connectivity index (χ4v) is 2.09. The summed E-state index contributed by atoms with van der Waals surface area (Å²) in [5, 5.41) is 9.79. The number of anilines is 1. The lowest BCUT2D eigenvalue weighted by molar-refractivity contribution is -0.121. The van der Waals surface area contributed by atoms with Crippen molar-refractivity contribution in [2.75, 3.05) is 5.32 Å². The standard InChI is InChI=1S/C13H13N3O2/c17-13(14-8-10-5-6-18-16-10)12-7-9-3-1-2-4-11(9)15-12/h1-6,12,15H,7-8H2,(H,14,17)/t12-/m0/s1. The Morgan fingerprint density at radius 2 is 2.33 bits per heavy atom. The number of rotatable bonds is 3. The van der Waals surface area contributed by atoms with Crippen LogP contribution in [0.25, 0.3) is 0 Å². The zero-order valence-electron chi connectivity index (χ0n) is 9.72. The van der Waals surface area contributed by atoms with Crippen LogP contribution in [-0.4, -0.2) is 17.1 Å². The summed E-state index contributed by atoms with van der Waals surface area (Å²) in [6.45, 7) is 0.393. The number of amides is 1.